The molecular weight excluding hydrogens is 100 g/mol. The number of rotatable bonds is 0. The van der Waals surface area contributed by atoms with E-state index in [2.05, 4.69) is 14.2 Å². The summed E-state index contributed by atoms with van der Waals surface area (Å²) >= 11 is 0. The van der Waals surface area contributed by atoms with E-state index in [1.807, 2.05) is 0 Å². The van der Waals surface area contributed by atoms with Crippen LogP contribution in [0.2, 0.25) is 0 Å². The van der Waals surface area contributed by atoms with Crippen molar-refractivity contribution in [2.75, 3.05) is 0 Å². The van der Waals surface area contributed by atoms with Gasteiger partial charge in [-0.15, -0.1) is 0 Å². The minimum absolute atomic E-state index is 0.382. The number of carbonyl (C=O) groups is 1. The molecular formula is C3H2O4. The number of ether oxygens (including phenoxy) is 3. The highest BCUT2D eigenvalue weighted by molar-refractivity contribution is 5.62. The van der Waals surface area contributed by atoms with Crippen molar-refractivity contribution in [2.24, 2.45) is 0 Å². The SMILES string of the molecule is O=C1OC2OC2O1. The topological polar surface area (TPSA) is 48.1 Å². The molecule has 38 valence electrons. The third kappa shape index (κ3) is 0.312. The molecule has 2 aliphatic heterocycles. The first kappa shape index (κ1) is 3.26. The maximum Gasteiger partial charge on any atom is 0.513 e. The lowest BCUT2D eigenvalue weighted by molar-refractivity contribution is 0.00902. The van der Waals surface area contributed by atoms with Crippen LogP contribution in [0.1, 0.15) is 0 Å². The largest absolute Gasteiger partial charge is 0.513 e. The Morgan fingerprint density at radius 3 is 2.14 bits per heavy atom. The summed E-state index contributed by atoms with van der Waals surface area (Å²) in [6.07, 6.45) is -1.39. The molecule has 0 radical (unpaired) electrons. The maximum absolute atomic E-state index is 9.96. The molecule has 2 rings (SSSR count). The molecule has 0 aliphatic carbocycles. The van der Waals surface area contributed by atoms with Crippen LogP contribution in [-0.4, -0.2) is 18.7 Å². The Kier molecular flexibility index (Phi) is 0.346. The molecule has 0 spiro atoms. The van der Waals surface area contributed by atoms with Crippen molar-refractivity contribution in [3.63, 3.8) is 0 Å². The van der Waals surface area contributed by atoms with Crippen molar-refractivity contribution >= 4 is 6.16 Å². The van der Waals surface area contributed by atoms with Crippen LogP contribution in [0.3, 0.4) is 0 Å². The van der Waals surface area contributed by atoms with Gasteiger partial charge in [0.15, 0.2) is 0 Å². The molecule has 0 aromatic carbocycles. The molecule has 0 aromatic rings. The molecule has 0 N–H and O–H groups in total. The number of fused-ring (bicyclic) bond motifs is 1. The molecule has 2 aliphatic rings. The summed E-state index contributed by atoms with van der Waals surface area (Å²) in [5.74, 6) is 0. The van der Waals surface area contributed by atoms with Crippen molar-refractivity contribution in [2.45, 2.75) is 12.6 Å². The third-order valence-electron chi connectivity index (χ3n) is 0.839. The van der Waals surface area contributed by atoms with Crippen LogP contribution in [0.5, 0.6) is 0 Å². The predicted octanol–water partition coefficient (Wildman–Crippen LogP) is -0.164. The maximum atomic E-state index is 9.96. The summed E-state index contributed by atoms with van der Waals surface area (Å²) < 4.78 is 13.3. The summed E-state index contributed by atoms with van der Waals surface area (Å²) in [4.78, 5) is 9.96. The number of carbonyl (C=O) groups excluding carboxylic acids is 1. The van der Waals surface area contributed by atoms with E-state index >= 15 is 0 Å². The van der Waals surface area contributed by atoms with Crippen LogP contribution < -0.4 is 0 Å². The zero-order valence-corrected chi connectivity index (χ0v) is 3.29. The zero-order valence-electron chi connectivity index (χ0n) is 3.29. The Bertz CT molecular complexity index is 108. The van der Waals surface area contributed by atoms with Gasteiger partial charge >= 0.3 is 6.16 Å². The quantitative estimate of drug-likeness (QED) is 0.315. The van der Waals surface area contributed by atoms with Gasteiger partial charge in [-0.3, -0.25) is 4.74 Å². The first-order chi connectivity index (χ1) is 3.36. The highest BCUT2D eigenvalue weighted by Crippen LogP contribution is 2.31. The minimum Gasteiger partial charge on any atom is -0.397 e. The van der Waals surface area contributed by atoms with Gasteiger partial charge in [-0.25, -0.2) is 4.79 Å². The van der Waals surface area contributed by atoms with Crippen molar-refractivity contribution in [1.82, 2.24) is 0 Å². The minimum atomic E-state index is -0.624. The van der Waals surface area contributed by atoms with E-state index in [4.69, 9.17) is 0 Å². The van der Waals surface area contributed by atoms with E-state index in [1.54, 1.807) is 0 Å². The van der Waals surface area contributed by atoms with Crippen molar-refractivity contribution in [1.29, 1.82) is 0 Å². The number of hydrogen-bond acceptors (Lipinski definition) is 4. The van der Waals surface area contributed by atoms with Gasteiger partial charge in [-0.2, -0.15) is 0 Å². The van der Waals surface area contributed by atoms with Gasteiger partial charge in [0.1, 0.15) is 0 Å². The zero-order chi connectivity index (χ0) is 4.85. The van der Waals surface area contributed by atoms with E-state index in [1.165, 1.54) is 0 Å². The van der Waals surface area contributed by atoms with Crippen molar-refractivity contribution in [3.8, 4) is 0 Å². The average molecular weight is 102 g/mol. The fourth-order valence-electron chi connectivity index (χ4n) is 0.471. The molecule has 2 unspecified atom stereocenters. The van der Waals surface area contributed by atoms with Crippen LogP contribution in [0.15, 0.2) is 0 Å². The second-order valence-corrected chi connectivity index (χ2v) is 1.36. The summed E-state index contributed by atoms with van der Waals surface area (Å²) in [5, 5.41) is 0. The Balaban J connectivity index is 2.14. The van der Waals surface area contributed by atoms with Crippen LogP contribution in [0.25, 0.3) is 0 Å². The van der Waals surface area contributed by atoms with Gasteiger partial charge in [0, 0.05) is 0 Å². The van der Waals surface area contributed by atoms with Crippen LogP contribution >= 0.6 is 0 Å². The summed E-state index contributed by atoms with van der Waals surface area (Å²) in [6.45, 7) is 0. The number of hydrogen-bond donors (Lipinski definition) is 0. The van der Waals surface area contributed by atoms with Gasteiger partial charge in [0.2, 0.25) is 0 Å². The van der Waals surface area contributed by atoms with Gasteiger partial charge in [-0.05, 0) is 0 Å². The third-order valence-corrected chi connectivity index (χ3v) is 0.839. The molecule has 2 atom stereocenters. The van der Waals surface area contributed by atoms with Gasteiger partial charge in [0.25, 0.3) is 12.6 Å². The van der Waals surface area contributed by atoms with E-state index in [0.717, 1.165) is 0 Å². The second kappa shape index (κ2) is 0.742. The molecule has 4 nitrogen and oxygen atoms in total. The van der Waals surface area contributed by atoms with Crippen LogP contribution in [0, 0.1) is 0 Å². The average Bonchev–Trinajstić information content (AvgIpc) is 2.15. The van der Waals surface area contributed by atoms with Gasteiger partial charge in [-0.1, -0.05) is 0 Å². The normalized spacial score (nSPS) is 44.3. The van der Waals surface area contributed by atoms with Crippen molar-refractivity contribution in [3.05, 3.63) is 0 Å². The Morgan fingerprint density at radius 2 is 1.86 bits per heavy atom. The van der Waals surface area contributed by atoms with E-state index in [9.17, 15) is 4.79 Å². The number of epoxide rings is 1. The van der Waals surface area contributed by atoms with Crippen LogP contribution in [-0.2, 0) is 14.2 Å². The molecule has 0 bridgehead atoms. The van der Waals surface area contributed by atoms with Gasteiger partial charge in [0.05, 0.1) is 0 Å². The molecule has 2 heterocycles. The highest BCUT2D eigenvalue weighted by atomic mass is 17.0. The van der Waals surface area contributed by atoms with E-state index < -0.39 is 6.16 Å². The van der Waals surface area contributed by atoms with Crippen LogP contribution in [0.4, 0.5) is 4.79 Å². The van der Waals surface area contributed by atoms with E-state index in [0.29, 0.717) is 0 Å². The predicted molar refractivity (Wildman–Crippen MR) is 16.2 cm³/mol. The molecule has 2 saturated heterocycles. The Hall–Kier alpha value is -0.770. The Morgan fingerprint density at radius 1 is 1.29 bits per heavy atom. The monoisotopic (exact) mass is 102 g/mol. The fourth-order valence-corrected chi connectivity index (χ4v) is 0.471. The summed E-state index contributed by atoms with van der Waals surface area (Å²) in [7, 11) is 0. The molecule has 2 fully saturated rings. The first-order valence-corrected chi connectivity index (χ1v) is 1.89. The van der Waals surface area contributed by atoms with Gasteiger partial charge < -0.3 is 9.47 Å². The lowest BCUT2D eigenvalue weighted by Crippen LogP contribution is -1.98. The van der Waals surface area contributed by atoms with Crippen molar-refractivity contribution < 1.29 is 19.0 Å². The molecule has 7 heavy (non-hydrogen) atoms. The molecule has 0 saturated carbocycles. The van der Waals surface area contributed by atoms with E-state index in [-0.39, 0.29) is 12.6 Å². The Labute approximate surface area is 39.0 Å². The smallest absolute Gasteiger partial charge is 0.397 e. The molecule has 4 heteroatoms. The lowest BCUT2D eigenvalue weighted by Gasteiger charge is -1.88. The fraction of sp³-hybridized carbons (Fsp3) is 0.667. The highest BCUT2D eigenvalue weighted by Gasteiger charge is 2.53. The summed E-state index contributed by atoms with van der Waals surface area (Å²) in [6, 6.07) is 0. The molecule has 0 amide bonds. The standard InChI is InChI=1S/C3H2O4/c4-3-6-1-2(5-1)7-3/h1-2H. The molecule has 0 aromatic heterocycles. The summed E-state index contributed by atoms with van der Waals surface area (Å²) in [5.41, 5.74) is 0. The second-order valence-electron chi connectivity index (χ2n) is 1.36. The first-order valence-electron chi connectivity index (χ1n) is 1.89. The lowest BCUT2D eigenvalue weighted by atomic mass is 10.8.